The first-order valence-corrected chi connectivity index (χ1v) is 4.94. The monoisotopic (exact) mass is 221 g/mol. The van der Waals surface area contributed by atoms with Gasteiger partial charge in [-0.25, -0.2) is 0 Å². The molecule has 0 saturated heterocycles. The van der Waals surface area contributed by atoms with Gasteiger partial charge in [-0.1, -0.05) is 11.6 Å². The van der Waals surface area contributed by atoms with Gasteiger partial charge in [-0.3, -0.25) is 4.79 Å². The number of rotatable bonds is 1. The predicted molar refractivity (Wildman–Crippen MR) is 54.7 cm³/mol. The van der Waals surface area contributed by atoms with E-state index in [-0.39, 0.29) is 5.92 Å². The van der Waals surface area contributed by atoms with Gasteiger partial charge in [-0.05, 0) is 36.1 Å². The summed E-state index contributed by atoms with van der Waals surface area (Å²) in [5, 5.41) is 18.1. The highest BCUT2D eigenvalue weighted by Gasteiger charge is 2.27. The van der Waals surface area contributed by atoms with Crippen molar-refractivity contribution in [3.8, 4) is 6.07 Å². The first kappa shape index (κ1) is 10.0. The van der Waals surface area contributed by atoms with Crippen molar-refractivity contribution < 1.29 is 9.90 Å². The van der Waals surface area contributed by atoms with Crippen molar-refractivity contribution in [2.75, 3.05) is 0 Å². The van der Waals surface area contributed by atoms with Gasteiger partial charge in [-0.15, -0.1) is 0 Å². The van der Waals surface area contributed by atoms with Gasteiger partial charge < -0.3 is 5.11 Å². The standard InChI is InChI=1S/C11H8ClNO2/c12-10-4-7-2-8(11(14)15)1-6(7)3-9(10)5-13/h3-4,8H,1-2H2,(H,14,15). The molecule has 0 spiro atoms. The molecule has 15 heavy (non-hydrogen) atoms. The van der Waals surface area contributed by atoms with E-state index in [1.54, 1.807) is 12.1 Å². The molecule has 1 aromatic carbocycles. The third-order valence-corrected chi connectivity index (χ3v) is 3.00. The minimum Gasteiger partial charge on any atom is -0.481 e. The molecule has 2 rings (SSSR count). The molecule has 0 amide bonds. The van der Waals surface area contributed by atoms with Gasteiger partial charge in [0, 0.05) is 0 Å². The second-order valence-electron chi connectivity index (χ2n) is 3.66. The number of nitrogens with zero attached hydrogens (tertiary/aromatic N) is 1. The first-order valence-electron chi connectivity index (χ1n) is 4.56. The Morgan fingerprint density at radius 2 is 2.07 bits per heavy atom. The second-order valence-corrected chi connectivity index (χ2v) is 4.06. The maximum atomic E-state index is 10.8. The smallest absolute Gasteiger partial charge is 0.307 e. The molecule has 0 radical (unpaired) electrons. The van der Waals surface area contributed by atoms with Crippen LogP contribution in [-0.4, -0.2) is 11.1 Å². The van der Waals surface area contributed by atoms with Crippen LogP contribution < -0.4 is 0 Å². The lowest BCUT2D eigenvalue weighted by Gasteiger charge is -2.00. The highest BCUT2D eigenvalue weighted by molar-refractivity contribution is 6.31. The van der Waals surface area contributed by atoms with E-state index in [9.17, 15) is 4.79 Å². The molecule has 0 bridgehead atoms. The van der Waals surface area contributed by atoms with Crippen LogP contribution in [0.15, 0.2) is 12.1 Å². The summed E-state index contributed by atoms with van der Waals surface area (Å²) < 4.78 is 0. The Morgan fingerprint density at radius 1 is 1.47 bits per heavy atom. The molecule has 1 aromatic rings. The van der Waals surface area contributed by atoms with Crippen LogP contribution in [0.4, 0.5) is 0 Å². The summed E-state index contributed by atoms with van der Waals surface area (Å²) in [7, 11) is 0. The van der Waals surface area contributed by atoms with Gasteiger partial charge in [0.05, 0.1) is 16.5 Å². The number of benzene rings is 1. The van der Waals surface area contributed by atoms with Crippen LogP contribution in [0, 0.1) is 17.2 Å². The summed E-state index contributed by atoms with van der Waals surface area (Å²) in [6.07, 6.45) is 1.01. The molecule has 1 atom stereocenters. The van der Waals surface area contributed by atoms with Crippen molar-refractivity contribution in [3.05, 3.63) is 33.8 Å². The third-order valence-electron chi connectivity index (χ3n) is 2.69. The van der Waals surface area contributed by atoms with Crippen LogP contribution in [0.5, 0.6) is 0 Å². The topological polar surface area (TPSA) is 61.1 Å². The number of hydrogen-bond donors (Lipinski definition) is 1. The van der Waals surface area contributed by atoms with Crippen LogP contribution >= 0.6 is 11.6 Å². The molecule has 76 valence electrons. The minimum absolute atomic E-state index is 0.370. The van der Waals surface area contributed by atoms with Crippen LogP contribution in [-0.2, 0) is 17.6 Å². The third kappa shape index (κ3) is 1.69. The Labute approximate surface area is 91.9 Å². The lowest BCUT2D eigenvalue weighted by molar-refractivity contribution is -0.141. The van der Waals surface area contributed by atoms with Crippen molar-refractivity contribution in [1.29, 1.82) is 5.26 Å². The van der Waals surface area contributed by atoms with Crippen LogP contribution in [0.3, 0.4) is 0 Å². The molecule has 1 aliphatic rings. The van der Waals surface area contributed by atoms with Crippen molar-refractivity contribution >= 4 is 17.6 Å². The van der Waals surface area contributed by atoms with E-state index in [2.05, 4.69) is 0 Å². The van der Waals surface area contributed by atoms with E-state index in [1.165, 1.54) is 0 Å². The molecule has 3 nitrogen and oxygen atoms in total. The van der Waals surface area contributed by atoms with E-state index in [0.717, 1.165) is 11.1 Å². The maximum absolute atomic E-state index is 10.8. The highest BCUT2D eigenvalue weighted by atomic mass is 35.5. The van der Waals surface area contributed by atoms with Crippen molar-refractivity contribution in [3.63, 3.8) is 0 Å². The molecular formula is C11H8ClNO2. The molecule has 4 heteroatoms. The molecule has 1 N–H and O–H groups in total. The molecule has 1 aliphatic carbocycles. The Hall–Kier alpha value is -1.53. The molecule has 0 fully saturated rings. The van der Waals surface area contributed by atoms with Crippen LogP contribution in [0.2, 0.25) is 5.02 Å². The normalized spacial score (nSPS) is 18.3. The quantitative estimate of drug-likeness (QED) is 0.789. The number of halogens is 1. The zero-order valence-electron chi connectivity index (χ0n) is 7.83. The van der Waals surface area contributed by atoms with Crippen molar-refractivity contribution in [1.82, 2.24) is 0 Å². The van der Waals surface area contributed by atoms with Crippen LogP contribution in [0.25, 0.3) is 0 Å². The maximum Gasteiger partial charge on any atom is 0.307 e. The van der Waals surface area contributed by atoms with Crippen molar-refractivity contribution in [2.45, 2.75) is 12.8 Å². The molecule has 0 aromatic heterocycles. The molecular weight excluding hydrogens is 214 g/mol. The van der Waals surface area contributed by atoms with Gasteiger partial charge in [-0.2, -0.15) is 5.26 Å². The number of aliphatic carboxylic acids is 1. The average molecular weight is 222 g/mol. The highest BCUT2D eigenvalue weighted by Crippen LogP contribution is 2.31. The van der Waals surface area contributed by atoms with Crippen molar-refractivity contribution in [2.24, 2.45) is 5.92 Å². The molecule has 0 aliphatic heterocycles. The summed E-state index contributed by atoms with van der Waals surface area (Å²) in [5.74, 6) is -1.16. The van der Waals surface area contributed by atoms with Gasteiger partial charge >= 0.3 is 5.97 Å². The summed E-state index contributed by atoms with van der Waals surface area (Å²) >= 11 is 5.87. The van der Waals surface area contributed by atoms with E-state index in [4.69, 9.17) is 22.0 Å². The zero-order chi connectivity index (χ0) is 11.0. The zero-order valence-corrected chi connectivity index (χ0v) is 8.58. The predicted octanol–water partition coefficient (Wildman–Crippen LogP) is 2.01. The lowest BCUT2D eigenvalue weighted by Crippen LogP contribution is -2.12. The van der Waals surface area contributed by atoms with Gasteiger partial charge in [0.1, 0.15) is 6.07 Å². The number of nitriles is 1. The average Bonchev–Trinajstić information content (AvgIpc) is 2.59. The number of carboxylic acids is 1. The van der Waals surface area contributed by atoms with E-state index < -0.39 is 5.97 Å². The molecule has 0 saturated carbocycles. The first-order chi connectivity index (χ1) is 7.11. The fourth-order valence-electron chi connectivity index (χ4n) is 1.90. The largest absolute Gasteiger partial charge is 0.481 e. The van der Waals surface area contributed by atoms with Gasteiger partial charge in [0.2, 0.25) is 0 Å². The second kappa shape index (κ2) is 3.56. The fourth-order valence-corrected chi connectivity index (χ4v) is 2.13. The Kier molecular flexibility index (Phi) is 2.37. The van der Waals surface area contributed by atoms with Gasteiger partial charge in [0.25, 0.3) is 0 Å². The summed E-state index contributed by atoms with van der Waals surface area (Å²) in [4.78, 5) is 10.8. The van der Waals surface area contributed by atoms with Gasteiger partial charge in [0.15, 0.2) is 0 Å². The lowest BCUT2D eigenvalue weighted by atomic mass is 10.1. The van der Waals surface area contributed by atoms with E-state index >= 15 is 0 Å². The molecule has 1 unspecified atom stereocenters. The minimum atomic E-state index is -0.791. The fraction of sp³-hybridized carbons (Fsp3) is 0.273. The Bertz CT molecular complexity index is 476. The Balaban J connectivity index is 2.40. The number of hydrogen-bond acceptors (Lipinski definition) is 2. The summed E-state index contributed by atoms with van der Waals surface area (Å²) in [6.45, 7) is 0. The number of carbonyl (C=O) groups is 1. The number of fused-ring (bicyclic) bond motifs is 1. The van der Waals surface area contributed by atoms with E-state index in [0.29, 0.717) is 23.4 Å². The number of carboxylic acid groups (broad SMARTS) is 1. The Morgan fingerprint density at radius 3 is 2.60 bits per heavy atom. The SMILES string of the molecule is N#Cc1cc2c(cc1Cl)CC(C(=O)O)C2. The molecule has 0 heterocycles. The summed E-state index contributed by atoms with van der Waals surface area (Å²) in [6, 6.07) is 5.39. The van der Waals surface area contributed by atoms with Crippen LogP contribution in [0.1, 0.15) is 16.7 Å². The van der Waals surface area contributed by atoms with E-state index in [1.807, 2.05) is 6.07 Å². The summed E-state index contributed by atoms with van der Waals surface area (Å²) in [5.41, 5.74) is 2.30.